The molecule has 1 atom stereocenters. The van der Waals surface area contributed by atoms with Crippen LogP contribution in [0, 0.1) is 6.92 Å². The van der Waals surface area contributed by atoms with Crippen LogP contribution in [0.2, 0.25) is 0 Å². The van der Waals surface area contributed by atoms with Crippen LogP contribution in [0.4, 0.5) is 0 Å². The molecule has 1 aliphatic rings. The Kier molecular flexibility index (Phi) is 5.49. The van der Waals surface area contributed by atoms with Crippen molar-refractivity contribution in [1.82, 2.24) is 4.90 Å². The van der Waals surface area contributed by atoms with Crippen LogP contribution < -0.4 is 14.2 Å². The van der Waals surface area contributed by atoms with Crippen molar-refractivity contribution in [2.24, 2.45) is 0 Å². The van der Waals surface area contributed by atoms with Crippen LogP contribution in [0.3, 0.4) is 0 Å². The molecule has 1 saturated heterocycles. The molecular formula is C21H27NO3. The number of hydrogen-bond acceptors (Lipinski definition) is 4. The fourth-order valence-electron chi connectivity index (χ4n) is 3.64. The number of benzene rings is 2. The summed E-state index contributed by atoms with van der Waals surface area (Å²) < 4.78 is 16.4. The largest absolute Gasteiger partial charge is 0.493 e. The number of likely N-dealkylation sites (tertiary alicyclic amines) is 1. The summed E-state index contributed by atoms with van der Waals surface area (Å²) in [6.45, 7) is 4.11. The molecule has 0 aliphatic carbocycles. The molecule has 0 unspecified atom stereocenters. The molecule has 4 nitrogen and oxygen atoms in total. The van der Waals surface area contributed by atoms with Crippen LogP contribution in [0.1, 0.15) is 35.6 Å². The van der Waals surface area contributed by atoms with E-state index < -0.39 is 0 Å². The molecule has 0 spiro atoms. The summed E-state index contributed by atoms with van der Waals surface area (Å²) >= 11 is 0. The average molecular weight is 341 g/mol. The molecule has 134 valence electrons. The first-order valence-corrected chi connectivity index (χ1v) is 8.75. The van der Waals surface area contributed by atoms with Crippen LogP contribution in [-0.2, 0) is 6.54 Å². The molecular weight excluding hydrogens is 314 g/mol. The fraction of sp³-hybridized carbons (Fsp3) is 0.429. The normalized spacial score (nSPS) is 17.5. The predicted octanol–water partition coefficient (Wildman–Crippen LogP) is 4.36. The van der Waals surface area contributed by atoms with Crippen molar-refractivity contribution in [3.05, 3.63) is 53.1 Å². The minimum Gasteiger partial charge on any atom is -0.493 e. The number of hydrogen-bond donors (Lipinski definition) is 0. The molecule has 0 radical (unpaired) electrons. The van der Waals surface area contributed by atoms with Crippen LogP contribution in [0.15, 0.2) is 36.4 Å². The molecule has 4 heteroatoms. The van der Waals surface area contributed by atoms with Gasteiger partial charge in [-0.15, -0.1) is 0 Å². The predicted molar refractivity (Wildman–Crippen MR) is 99.7 cm³/mol. The summed E-state index contributed by atoms with van der Waals surface area (Å²) in [7, 11) is 4.95. The minimum absolute atomic E-state index is 0.472. The molecule has 1 heterocycles. The SMILES string of the molecule is COc1cc(CN2CCC[C@H]2c2ccc(C)cc2)cc(OC)c1OC. The maximum absolute atomic E-state index is 5.48. The van der Waals surface area contributed by atoms with E-state index in [9.17, 15) is 0 Å². The molecule has 0 amide bonds. The fourth-order valence-corrected chi connectivity index (χ4v) is 3.64. The molecule has 0 saturated carbocycles. The van der Waals surface area contributed by atoms with E-state index in [1.165, 1.54) is 29.5 Å². The Hall–Kier alpha value is -2.20. The maximum atomic E-state index is 5.48. The smallest absolute Gasteiger partial charge is 0.203 e. The minimum atomic E-state index is 0.472. The number of aryl methyl sites for hydroxylation is 1. The van der Waals surface area contributed by atoms with E-state index in [1.54, 1.807) is 21.3 Å². The highest BCUT2D eigenvalue weighted by molar-refractivity contribution is 5.53. The first kappa shape index (κ1) is 17.6. The molecule has 2 aromatic carbocycles. The lowest BCUT2D eigenvalue weighted by molar-refractivity contribution is 0.247. The number of methoxy groups -OCH3 is 3. The van der Waals surface area contributed by atoms with Gasteiger partial charge in [0.15, 0.2) is 11.5 Å². The highest BCUT2D eigenvalue weighted by atomic mass is 16.5. The van der Waals surface area contributed by atoms with E-state index in [2.05, 4.69) is 36.1 Å². The third kappa shape index (κ3) is 3.74. The second-order valence-corrected chi connectivity index (χ2v) is 6.57. The van der Waals surface area contributed by atoms with Gasteiger partial charge in [0.1, 0.15) is 0 Å². The molecule has 0 bridgehead atoms. The molecule has 3 rings (SSSR count). The zero-order chi connectivity index (χ0) is 17.8. The highest BCUT2D eigenvalue weighted by Gasteiger charge is 2.26. The van der Waals surface area contributed by atoms with Crippen molar-refractivity contribution in [3.63, 3.8) is 0 Å². The van der Waals surface area contributed by atoms with E-state index in [1.807, 2.05) is 12.1 Å². The molecule has 1 fully saturated rings. The summed E-state index contributed by atoms with van der Waals surface area (Å²) in [6.07, 6.45) is 2.43. The molecule has 1 aliphatic heterocycles. The number of rotatable bonds is 6. The van der Waals surface area contributed by atoms with Gasteiger partial charge in [-0.1, -0.05) is 29.8 Å². The van der Waals surface area contributed by atoms with Crippen molar-refractivity contribution in [1.29, 1.82) is 0 Å². The quantitative estimate of drug-likeness (QED) is 0.781. The Balaban J connectivity index is 1.84. The van der Waals surface area contributed by atoms with Gasteiger partial charge in [0, 0.05) is 12.6 Å². The van der Waals surface area contributed by atoms with E-state index in [-0.39, 0.29) is 0 Å². The third-order valence-electron chi connectivity index (χ3n) is 4.94. The third-order valence-corrected chi connectivity index (χ3v) is 4.94. The molecule has 0 N–H and O–H groups in total. The van der Waals surface area contributed by atoms with Crippen molar-refractivity contribution in [2.45, 2.75) is 32.4 Å². The summed E-state index contributed by atoms with van der Waals surface area (Å²) in [4.78, 5) is 2.53. The van der Waals surface area contributed by atoms with Crippen molar-refractivity contribution in [2.75, 3.05) is 27.9 Å². The number of ether oxygens (including phenoxy) is 3. The second-order valence-electron chi connectivity index (χ2n) is 6.57. The number of nitrogens with zero attached hydrogens (tertiary/aromatic N) is 1. The highest BCUT2D eigenvalue weighted by Crippen LogP contribution is 2.40. The van der Waals surface area contributed by atoms with E-state index >= 15 is 0 Å². The summed E-state index contributed by atoms with van der Waals surface area (Å²) in [5, 5.41) is 0. The van der Waals surface area contributed by atoms with Gasteiger partial charge in [0.25, 0.3) is 0 Å². The van der Waals surface area contributed by atoms with Crippen LogP contribution in [-0.4, -0.2) is 32.8 Å². The first-order chi connectivity index (χ1) is 12.2. The van der Waals surface area contributed by atoms with Crippen molar-refractivity contribution >= 4 is 0 Å². The summed E-state index contributed by atoms with van der Waals surface area (Å²) in [5.41, 5.74) is 3.88. The Morgan fingerprint density at radius 1 is 0.960 bits per heavy atom. The topological polar surface area (TPSA) is 30.9 Å². The summed E-state index contributed by atoms with van der Waals surface area (Å²) in [5.74, 6) is 2.07. The van der Waals surface area contributed by atoms with Crippen LogP contribution >= 0.6 is 0 Å². The molecule has 25 heavy (non-hydrogen) atoms. The maximum Gasteiger partial charge on any atom is 0.203 e. The van der Waals surface area contributed by atoms with E-state index in [0.717, 1.165) is 13.1 Å². The lowest BCUT2D eigenvalue weighted by Crippen LogP contribution is -2.22. The van der Waals surface area contributed by atoms with Crippen LogP contribution in [0.5, 0.6) is 17.2 Å². The molecule has 0 aromatic heterocycles. The van der Waals surface area contributed by atoms with E-state index in [4.69, 9.17) is 14.2 Å². The zero-order valence-electron chi connectivity index (χ0n) is 15.5. The Labute approximate surface area is 150 Å². The van der Waals surface area contributed by atoms with Gasteiger partial charge < -0.3 is 14.2 Å². The van der Waals surface area contributed by atoms with Gasteiger partial charge in [-0.3, -0.25) is 4.90 Å². The lowest BCUT2D eigenvalue weighted by Gasteiger charge is -2.25. The van der Waals surface area contributed by atoms with Gasteiger partial charge in [-0.2, -0.15) is 0 Å². The van der Waals surface area contributed by atoms with E-state index in [0.29, 0.717) is 23.3 Å². The second kappa shape index (κ2) is 7.79. The van der Waals surface area contributed by atoms with Crippen molar-refractivity contribution in [3.8, 4) is 17.2 Å². The Bertz CT molecular complexity index is 687. The van der Waals surface area contributed by atoms with Gasteiger partial charge in [0.05, 0.1) is 21.3 Å². The van der Waals surface area contributed by atoms with Gasteiger partial charge in [-0.25, -0.2) is 0 Å². The lowest BCUT2D eigenvalue weighted by atomic mass is 10.0. The van der Waals surface area contributed by atoms with Gasteiger partial charge in [-0.05, 0) is 49.6 Å². The zero-order valence-corrected chi connectivity index (χ0v) is 15.5. The van der Waals surface area contributed by atoms with Gasteiger partial charge >= 0.3 is 0 Å². The monoisotopic (exact) mass is 341 g/mol. The summed E-state index contributed by atoms with van der Waals surface area (Å²) in [6, 6.07) is 13.5. The molecule has 2 aromatic rings. The standard InChI is InChI=1S/C21H27NO3/c1-15-7-9-17(10-8-15)18-6-5-11-22(18)14-16-12-19(23-2)21(25-4)20(13-16)24-3/h7-10,12-13,18H,5-6,11,14H2,1-4H3/t18-/m0/s1. The van der Waals surface area contributed by atoms with Crippen LogP contribution in [0.25, 0.3) is 0 Å². The Morgan fingerprint density at radius 2 is 1.60 bits per heavy atom. The average Bonchev–Trinajstić information content (AvgIpc) is 3.09. The van der Waals surface area contributed by atoms with Crippen molar-refractivity contribution < 1.29 is 14.2 Å². The van der Waals surface area contributed by atoms with Gasteiger partial charge in [0.2, 0.25) is 5.75 Å². The Morgan fingerprint density at radius 3 is 2.16 bits per heavy atom. The first-order valence-electron chi connectivity index (χ1n) is 8.75.